The van der Waals surface area contributed by atoms with Crippen molar-refractivity contribution >= 4 is 27.5 Å². The van der Waals surface area contributed by atoms with Gasteiger partial charge in [0.15, 0.2) is 0 Å². The number of ether oxygens (including phenoxy) is 2. The zero-order chi connectivity index (χ0) is 30.9. The van der Waals surface area contributed by atoms with E-state index in [0.717, 1.165) is 21.9 Å². The Morgan fingerprint density at radius 1 is 0.905 bits per heavy atom. The molecule has 226 valence electrons. The van der Waals surface area contributed by atoms with Crippen molar-refractivity contribution < 1.29 is 27.5 Å². The van der Waals surface area contributed by atoms with E-state index in [4.69, 9.17) is 9.47 Å². The molecule has 0 saturated heterocycles. The molecule has 0 aliphatic heterocycles. The third-order valence-electron chi connectivity index (χ3n) is 7.09. The van der Waals surface area contributed by atoms with Crippen molar-refractivity contribution in [2.75, 3.05) is 25.1 Å². The standard InChI is InChI=1S/C32H41N3O6S/c1-7-24(4)33-32(37)28(8-2)34(21-25-13-12-14-26(20-25)40-5)31(36)22-35(29-19-23(3)17-18-30(29)41-6)42(38,39)27-15-10-9-11-16-27/h9-20,24,28H,7-8,21-22H2,1-6H3,(H,33,37)/t24-,28+/m0/s1. The highest BCUT2D eigenvalue weighted by molar-refractivity contribution is 7.92. The maximum atomic E-state index is 14.3. The molecule has 0 unspecified atom stereocenters. The van der Waals surface area contributed by atoms with E-state index in [2.05, 4.69) is 5.32 Å². The molecule has 3 aromatic rings. The minimum atomic E-state index is -4.21. The number of benzene rings is 3. The Hall–Kier alpha value is -4.05. The van der Waals surface area contributed by atoms with E-state index in [-0.39, 0.29) is 29.1 Å². The third kappa shape index (κ3) is 7.82. The lowest BCUT2D eigenvalue weighted by molar-refractivity contribution is -0.140. The molecule has 2 atom stereocenters. The van der Waals surface area contributed by atoms with Crippen molar-refractivity contribution in [2.45, 2.75) is 64.1 Å². The molecule has 0 spiro atoms. The molecule has 1 N–H and O–H groups in total. The van der Waals surface area contributed by atoms with E-state index in [0.29, 0.717) is 17.9 Å². The Bertz CT molecular complexity index is 1460. The highest BCUT2D eigenvalue weighted by Crippen LogP contribution is 2.34. The van der Waals surface area contributed by atoms with Gasteiger partial charge in [-0.3, -0.25) is 13.9 Å². The lowest BCUT2D eigenvalue weighted by Crippen LogP contribution is -2.53. The number of nitrogens with zero attached hydrogens (tertiary/aromatic N) is 2. The molecule has 9 nitrogen and oxygen atoms in total. The summed E-state index contributed by atoms with van der Waals surface area (Å²) < 4.78 is 40.1. The molecule has 0 aromatic heterocycles. The summed E-state index contributed by atoms with van der Waals surface area (Å²) in [5.41, 5.74) is 1.76. The second kappa shape index (κ2) is 14.7. The van der Waals surface area contributed by atoms with Crippen LogP contribution in [0.2, 0.25) is 0 Å². The van der Waals surface area contributed by atoms with Gasteiger partial charge in [0.1, 0.15) is 24.1 Å². The molecule has 2 amide bonds. The molecule has 0 radical (unpaired) electrons. The molecule has 0 aliphatic carbocycles. The van der Waals surface area contributed by atoms with Gasteiger partial charge < -0.3 is 19.7 Å². The first-order valence-electron chi connectivity index (χ1n) is 14.0. The minimum absolute atomic E-state index is 0.0299. The van der Waals surface area contributed by atoms with Crippen molar-refractivity contribution in [1.29, 1.82) is 0 Å². The molecule has 0 heterocycles. The molecule has 0 aliphatic rings. The molecule has 0 saturated carbocycles. The van der Waals surface area contributed by atoms with Gasteiger partial charge in [-0.15, -0.1) is 0 Å². The SMILES string of the molecule is CC[C@H](C(=O)N[C@@H](C)CC)N(Cc1cccc(OC)c1)C(=O)CN(c1cc(C)ccc1OC)S(=O)(=O)c1ccccc1. The first-order chi connectivity index (χ1) is 20.0. The fourth-order valence-corrected chi connectivity index (χ4v) is 5.99. The van der Waals surface area contributed by atoms with Crippen LogP contribution < -0.4 is 19.1 Å². The van der Waals surface area contributed by atoms with Gasteiger partial charge in [0.2, 0.25) is 11.8 Å². The molecular weight excluding hydrogens is 554 g/mol. The van der Waals surface area contributed by atoms with Crippen LogP contribution in [-0.2, 0) is 26.2 Å². The van der Waals surface area contributed by atoms with Gasteiger partial charge in [0.05, 0.1) is 24.8 Å². The summed E-state index contributed by atoms with van der Waals surface area (Å²) in [7, 11) is -1.20. The summed E-state index contributed by atoms with van der Waals surface area (Å²) in [6.45, 7) is 7.05. The zero-order valence-corrected chi connectivity index (χ0v) is 26.0. The number of anilines is 1. The fraction of sp³-hybridized carbons (Fsp3) is 0.375. The molecule has 0 bridgehead atoms. The smallest absolute Gasteiger partial charge is 0.264 e. The fourth-order valence-electron chi connectivity index (χ4n) is 4.56. The van der Waals surface area contributed by atoms with Crippen molar-refractivity contribution in [3.05, 3.63) is 83.9 Å². The van der Waals surface area contributed by atoms with Crippen LogP contribution in [0.3, 0.4) is 0 Å². The van der Waals surface area contributed by atoms with E-state index < -0.39 is 28.5 Å². The Morgan fingerprint density at radius 2 is 1.62 bits per heavy atom. The average molecular weight is 596 g/mol. The number of rotatable bonds is 14. The average Bonchev–Trinajstić information content (AvgIpc) is 2.99. The Labute approximate surface area is 249 Å². The number of methoxy groups -OCH3 is 2. The predicted molar refractivity (Wildman–Crippen MR) is 164 cm³/mol. The second-order valence-corrected chi connectivity index (χ2v) is 12.0. The van der Waals surface area contributed by atoms with Gasteiger partial charge in [0, 0.05) is 12.6 Å². The summed E-state index contributed by atoms with van der Waals surface area (Å²) in [5.74, 6) is 0.0734. The van der Waals surface area contributed by atoms with Crippen molar-refractivity contribution in [2.24, 2.45) is 0 Å². The Morgan fingerprint density at radius 3 is 2.24 bits per heavy atom. The summed E-state index contributed by atoms with van der Waals surface area (Å²) in [6.07, 6.45) is 1.05. The highest BCUT2D eigenvalue weighted by atomic mass is 32.2. The number of hydrogen-bond acceptors (Lipinski definition) is 6. The van der Waals surface area contributed by atoms with Crippen molar-refractivity contribution in [3.63, 3.8) is 0 Å². The van der Waals surface area contributed by atoms with Crippen LogP contribution in [0.15, 0.2) is 77.7 Å². The summed E-state index contributed by atoms with van der Waals surface area (Å²) in [4.78, 5) is 29.2. The number of nitrogens with one attached hydrogen (secondary N) is 1. The second-order valence-electron chi connectivity index (χ2n) is 10.1. The van der Waals surface area contributed by atoms with Crippen LogP contribution in [0, 0.1) is 6.92 Å². The Balaban J connectivity index is 2.12. The van der Waals surface area contributed by atoms with E-state index >= 15 is 0 Å². The molecule has 3 rings (SSSR count). The number of sulfonamides is 1. The van der Waals surface area contributed by atoms with E-state index in [9.17, 15) is 18.0 Å². The first kappa shape index (κ1) is 32.5. The number of amides is 2. The maximum absolute atomic E-state index is 14.3. The first-order valence-corrected chi connectivity index (χ1v) is 15.4. The van der Waals surface area contributed by atoms with Crippen LogP contribution in [-0.4, -0.2) is 58.0 Å². The summed E-state index contributed by atoms with van der Waals surface area (Å²) in [5, 5.41) is 2.98. The quantitative estimate of drug-likeness (QED) is 0.283. The predicted octanol–water partition coefficient (Wildman–Crippen LogP) is 4.93. The lowest BCUT2D eigenvalue weighted by atomic mass is 10.1. The third-order valence-corrected chi connectivity index (χ3v) is 8.86. The molecule has 3 aromatic carbocycles. The minimum Gasteiger partial charge on any atom is -0.497 e. The van der Waals surface area contributed by atoms with Gasteiger partial charge in [-0.25, -0.2) is 8.42 Å². The van der Waals surface area contributed by atoms with Crippen molar-refractivity contribution in [1.82, 2.24) is 10.2 Å². The lowest BCUT2D eigenvalue weighted by Gasteiger charge is -2.34. The van der Waals surface area contributed by atoms with E-state index in [1.807, 2.05) is 33.8 Å². The van der Waals surface area contributed by atoms with Gasteiger partial charge in [-0.2, -0.15) is 0 Å². The van der Waals surface area contributed by atoms with E-state index in [1.165, 1.54) is 24.1 Å². The number of hydrogen-bond donors (Lipinski definition) is 1. The van der Waals surface area contributed by atoms with Gasteiger partial charge >= 0.3 is 0 Å². The van der Waals surface area contributed by atoms with Gasteiger partial charge in [0.25, 0.3) is 10.0 Å². The normalized spacial score (nSPS) is 12.6. The number of aryl methyl sites for hydroxylation is 1. The van der Waals surface area contributed by atoms with Crippen LogP contribution in [0.1, 0.15) is 44.7 Å². The molecule has 10 heteroatoms. The Kier molecular flexibility index (Phi) is 11.4. The largest absolute Gasteiger partial charge is 0.497 e. The van der Waals surface area contributed by atoms with Crippen LogP contribution >= 0.6 is 0 Å². The topological polar surface area (TPSA) is 105 Å². The zero-order valence-electron chi connectivity index (χ0n) is 25.2. The summed E-state index contributed by atoms with van der Waals surface area (Å²) in [6, 6.07) is 19.4. The maximum Gasteiger partial charge on any atom is 0.264 e. The number of carbonyl (C=O) groups excluding carboxylic acids is 2. The summed E-state index contributed by atoms with van der Waals surface area (Å²) >= 11 is 0. The molecule has 42 heavy (non-hydrogen) atoms. The molecule has 0 fully saturated rings. The van der Waals surface area contributed by atoms with Crippen LogP contribution in [0.25, 0.3) is 0 Å². The highest BCUT2D eigenvalue weighted by Gasteiger charge is 2.35. The van der Waals surface area contributed by atoms with Gasteiger partial charge in [-0.1, -0.05) is 50.2 Å². The van der Waals surface area contributed by atoms with E-state index in [1.54, 1.807) is 61.7 Å². The van der Waals surface area contributed by atoms with Crippen molar-refractivity contribution in [3.8, 4) is 11.5 Å². The van der Waals surface area contributed by atoms with Crippen LogP contribution in [0.4, 0.5) is 5.69 Å². The van der Waals surface area contributed by atoms with Gasteiger partial charge in [-0.05, 0) is 74.2 Å². The molecular formula is C32H41N3O6S. The number of carbonyl (C=O) groups is 2. The van der Waals surface area contributed by atoms with Crippen LogP contribution in [0.5, 0.6) is 11.5 Å². The monoisotopic (exact) mass is 595 g/mol.